The maximum atomic E-state index is 13.6. The average Bonchev–Trinajstić information content (AvgIpc) is 3.36. The molecule has 3 heterocycles. The molecular formula is C18H21FN2O4. The highest BCUT2D eigenvalue weighted by Crippen LogP contribution is 2.23. The zero-order valence-corrected chi connectivity index (χ0v) is 13.9. The zero-order chi connectivity index (χ0) is 17.2. The summed E-state index contributed by atoms with van der Waals surface area (Å²) in [5.41, 5.74) is 1.70. The van der Waals surface area contributed by atoms with E-state index in [2.05, 4.69) is 4.98 Å². The van der Waals surface area contributed by atoms with E-state index in [1.807, 2.05) is 6.20 Å². The Morgan fingerprint density at radius 1 is 1.24 bits per heavy atom. The highest BCUT2D eigenvalue weighted by molar-refractivity contribution is 5.85. The van der Waals surface area contributed by atoms with Crippen molar-refractivity contribution in [3.8, 4) is 0 Å². The van der Waals surface area contributed by atoms with Gasteiger partial charge in [0.25, 0.3) is 5.91 Å². The van der Waals surface area contributed by atoms with Gasteiger partial charge in [-0.15, -0.1) is 0 Å². The number of nitrogens with one attached hydrogen (secondary N) is 1. The molecule has 0 bridgehead atoms. The predicted octanol–water partition coefficient (Wildman–Crippen LogP) is 2.19. The molecule has 7 heteroatoms. The number of carbonyl (C=O) groups excluding carboxylic acids is 1. The quantitative estimate of drug-likeness (QED) is 0.900. The predicted molar refractivity (Wildman–Crippen MR) is 88.3 cm³/mol. The summed E-state index contributed by atoms with van der Waals surface area (Å²) in [6, 6.07) is 4.60. The fourth-order valence-corrected chi connectivity index (χ4v) is 3.39. The number of amides is 1. The number of aromatic amines is 1. The first-order chi connectivity index (χ1) is 12.2. The number of ether oxygens (including phenoxy) is 3. The summed E-state index contributed by atoms with van der Waals surface area (Å²) in [5, 5.41) is 0.776. The van der Waals surface area contributed by atoms with Gasteiger partial charge in [0.05, 0.1) is 19.8 Å². The van der Waals surface area contributed by atoms with E-state index in [0.29, 0.717) is 32.9 Å². The lowest BCUT2D eigenvalue weighted by Crippen LogP contribution is -2.42. The number of H-pyrrole nitrogens is 1. The summed E-state index contributed by atoms with van der Waals surface area (Å²) >= 11 is 0. The third-order valence-corrected chi connectivity index (χ3v) is 4.67. The van der Waals surface area contributed by atoms with E-state index in [0.717, 1.165) is 29.3 Å². The molecule has 1 N–H and O–H groups in total. The van der Waals surface area contributed by atoms with Crippen LogP contribution in [0.5, 0.6) is 0 Å². The second-order valence-corrected chi connectivity index (χ2v) is 6.40. The van der Waals surface area contributed by atoms with Gasteiger partial charge in [-0.1, -0.05) is 0 Å². The minimum absolute atomic E-state index is 0.0673. The molecule has 2 aromatic rings. The Kier molecular flexibility index (Phi) is 4.70. The first-order valence-corrected chi connectivity index (χ1v) is 8.60. The largest absolute Gasteiger partial charge is 0.368 e. The molecule has 1 aromatic heterocycles. The Labute approximate surface area is 144 Å². The van der Waals surface area contributed by atoms with Crippen LogP contribution >= 0.6 is 0 Å². The molecule has 2 aliphatic rings. The number of aromatic nitrogens is 1. The van der Waals surface area contributed by atoms with Crippen LogP contribution in [0.1, 0.15) is 18.4 Å². The van der Waals surface area contributed by atoms with Gasteiger partial charge in [-0.25, -0.2) is 4.39 Å². The number of halogens is 1. The van der Waals surface area contributed by atoms with Crippen molar-refractivity contribution in [3.63, 3.8) is 0 Å². The first kappa shape index (κ1) is 16.5. The third kappa shape index (κ3) is 3.53. The highest BCUT2D eigenvalue weighted by atomic mass is 19.1. The molecule has 25 heavy (non-hydrogen) atoms. The van der Waals surface area contributed by atoms with Crippen molar-refractivity contribution < 1.29 is 23.4 Å². The number of benzene rings is 1. The standard InChI is InChI=1S/C18H21FN2O4/c19-13-3-4-15-14(8-13)12(9-20-15)10-21(11-17-24-6-7-25-17)18(22)16-2-1-5-23-16/h3-4,8-9,16-17,20H,1-2,5-7,10-11H2/t16-/m0/s1. The number of nitrogens with zero attached hydrogens (tertiary/aromatic N) is 1. The van der Waals surface area contributed by atoms with Gasteiger partial charge >= 0.3 is 0 Å². The van der Waals surface area contributed by atoms with Crippen molar-refractivity contribution >= 4 is 16.8 Å². The summed E-state index contributed by atoms with van der Waals surface area (Å²) in [7, 11) is 0. The smallest absolute Gasteiger partial charge is 0.252 e. The van der Waals surface area contributed by atoms with Crippen LogP contribution in [-0.2, 0) is 25.5 Å². The molecule has 6 nitrogen and oxygen atoms in total. The van der Waals surface area contributed by atoms with E-state index in [9.17, 15) is 9.18 Å². The molecule has 1 amide bonds. The minimum Gasteiger partial charge on any atom is -0.368 e. The molecule has 2 fully saturated rings. The number of rotatable bonds is 5. The molecule has 0 unspecified atom stereocenters. The van der Waals surface area contributed by atoms with E-state index in [-0.39, 0.29) is 11.7 Å². The van der Waals surface area contributed by atoms with Crippen LogP contribution in [0.2, 0.25) is 0 Å². The van der Waals surface area contributed by atoms with Gasteiger partial charge in [-0.2, -0.15) is 0 Å². The molecule has 4 rings (SSSR count). The van der Waals surface area contributed by atoms with Crippen molar-refractivity contribution in [2.45, 2.75) is 31.8 Å². The maximum absolute atomic E-state index is 13.6. The molecule has 1 aromatic carbocycles. The lowest BCUT2D eigenvalue weighted by molar-refractivity contribution is -0.147. The molecule has 0 radical (unpaired) electrons. The lowest BCUT2D eigenvalue weighted by Gasteiger charge is -2.27. The van der Waals surface area contributed by atoms with Crippen molar-refractivity contribution in [1.82, 2.24) is 9.88 Å². The highest BCUT2D eigenvalue weighted by Gasteiger charge is 2.31. The molecule has 134 valence electrons. The van der Waals surface area contributed by atoms with Gasteiger partial charge in [-0.05, 0) is 36.6 Å². The van der Waals surface area contributed by atoms with Gasteiger partial charge in [0.2, 0.25) is 0 Å². The van der Waals surface area contributed by atoms with Crippen LogP contribution in [0.15, 0.2) is 24.4 Å². The lowest BCUT2D eigenvalue weighted by atomic mass is 10.1. The average molecular weight is 348 g/mol. The van der Waals surface area contributed by atoms with Gasteiger partial charge in [0.15, 0.2) is 6.29 Å². The van der Waals surface area contributed by atoms with Crippen LogP contribution in [0.4, 0.5) is 4.39 Å². The Morgan fingerprint density at radius 2 is 2.08 bits per heavy atom. The van der Waals surface area contributed by atoms with Gasteiger partial charge < -0.3 is 24.1 Å². The van der Waals surface area contributed by atoms with Crippen molar-refractivity contribution in [2.75, 3.05) is 26.4 Å². The summed E-state index contributed by atoms with van der Waals surface area (Å²) in [5.74, 6) is -0.366. The number of carbonyl (C=O) groups is 1. The normalized spacial score (nSPS) is 21.2. The first-order valence-electron chi connectivity index (χ1n) is 8.60. The van der Waals surface area contributed by atoms with Crippen LogP contribution in [0.3, 0.4) is 0 Å². The number of fused-ring (bicyclic) bond motifs is 1. The van der Waals surface area contributed by atoms with Crippen molar-refractivity contribution in [3.05, 3.63) is 35.8 Å². The summed E-state index contributed by atoms with van der Waals surface area (Å²) in [6.07, 6.45) is 2.59. The topological polar surface area (TPSA) is 63.8 Å². The Balaban J connectivity index is 1.57. The van der Waals surface area contributed by atoms with Crippen LogP contribution < -0.4 is 0 Å². The Morgan fingerprint density at radius 3 is 2.84 bits per heavy atom. The molecule has 1 atom stereocenters. The van der Waals surface area contributed by atoms with Gasteiger partial charge in [0.1, 0.15) is 11.9 Å². The van der Waals surface area contributed by atoms with Crippen LogP contribution in [0.25, 0.3) is 10.9 Å². The third-order valence-electron chi connectivity index (χ3n) is 4.67. The Hall–Kier alpha value is -1.96. The van der Waals surface area contributed by atoms with E-state index in [1.54, 1.807) is 11.0 Å². The number of hydrogen-bond donors (Lipinski definition) is 1. The zero-order valence-electron chi connectivity index (χ0n) is 13.9. The van der Waals surface area contributed by atoms with Gasteiger partial charge in [0, 0.05) is 30.3 Å². The second kappa shape index (κ2) is 7.11. The molecule has 0 spiro atoms. The second-order valence-electron chi connectivity index (χ2n) is 6.40. The number of hydrogen-bond acceptors (Lipinski definition) is 4. The van der Waals surface area contributed by atoms with E-state index in [1.165, 1.54) is 12.1 Å². The van der Waals surface area contributed by atoms with Crippen LogP contribution in [-0.4, -0.2) is 54.6 Å². The van der Waals surface area contributed by atoms with Gasteiger partial charge in [-0.3, -0.25) is 4.79 Å². The van der Waals surface area contributed by atoms with Crippen molar-refractivity contribution in [2.24, 2.45) is 0 Å². The molecule has 2 saturated heterocycles. The molecule has 0 aliphatic carbocycles. The van der Waals surface area contributed by atoms with E-state index < -0.39 is 12.4 Å². The molecular weight excluding hydrogens is 327 g/mol. The summed E-state index contributed by atoms with van der Waals surface area (Å²) in [4.78, 5) is 17.7. The SMILES string of the molecule is O=C([C@@H]1CCCO1)N(Cc1c[nH]c2ccc(F)cc12)CC1OCCO1. The molecule has 2 aliphatic heterocycles. The Bertz CT molecular complexity index is 751. The fraction of sp³-hybridized carbons (Fsp3) is 0.500. The minimum atomic E-state index is -0.424. The van der Waals surface area contributed by atoms with Crippen molar-refractivity contribution in [1.29, 1.82) is 0 Å². The maximum Gasteiger partial charge on any atom is 0.252 e. The fourth-order valence-electron chi connectivity index (χ4n) is 3.39. The molecule has 0 saturated carbocycles. The van der Waals surface area contributed by atoms with E-state index >= 15 is 0 Å². The van der Waals surface area contributed by atoms with Crippen LogP contribution in [0, 0.1) is 5.82 Å². The summed E-state index contributed by atoms with van der Waals surface area (Å²) in [6.45, 7) is 2.36. The summed E-state index contributed by atoms with van der Waals surface area (Å²) < 4.78 is 30.1. The monoisotopic (exact) mass is 348 g/mol. The van der Waals surface area contributed by atoms with E-state index in [4.69, 9.17) is 14.2 Å².